The molecule has 1 aliphatic rings. The number of benzene rings is 1. The van der Waals surface area contributed by atoms with Gasteiger partial charge in [0.1, 0.15) is 24.3 Å². The lowest BCUT2D eigenvalue weighted by molar-refractivity contribution is 0.0723. The van der Waals surface area contributed by atoms with Crippen molar-refractivity contribution in [2.45, 2.75) is 13.0 Å². The van der Waals surface area contributed by atoms with Gasteiger partial charge in [-0.3, -0.25) is 4.79 Å². The van der Waals surface area contributed by atoms with Gasteiger partial charge >= 0.3 is 0 Å². The SMILES string of the molecule is Cl.NC/C(=C/F)COc1ccc2c(c1)CCN(Cc1ccon1)C2=O. The lowest BCUT2D eigenvalue weighted by Gasteiger charge is -2.28. The van der Waals surface area contributed by atoms with Crippen LogP contribution < -0.4 is 10.5 Å². The van der Waals surface area contributed by atoms with Crippen LogP contribution in [0, 0.1) is 0 Å². The van der Waals surface area contributed by atoms with E-state index in [2.05, 4.69) is 5.16 Å². The summed E-state index contributed by atoms with van der Waals surface area (Å²) in [6.45, 7) is 1.23. The third-order valence-electron chi connectivity index (χ3n) is 3.93. The second-order valence-electron chi connectivity index (χ2n) is 5.55. The van der Waals surface area contributed by atoms with Crippen LogP contribution in [0.4, 0.5) is 4.39 Å². The molecule has 0 saturated carbocycles. The minimum absolute atomic E-state index is 0. The zero-order chi connectivity index (χ0) is 16.9. The Labute approximate surface area is 150 Å². The molecule has 0 aliphatic carbocycles. The van der Waals surface area contributed by atoms with E-state index >= 15 is 0 Å². The number of nitrogens with two attached hydrogens (primary N) is 1. The van der Waals surface area contributed by atoms with Gasteiger partial charge in [0, 0.05) is 30.3 Å². The molecule has 2 aromatic rings. The van der Waals surface area contributed by atoms with Crippen molar-refractivity contribution in [3.05, 3.63) is 59.3 Å². The third kappa shape index (κ3) is 4.37. The number of nitrogens with zero attached hydrogens (tertiary/aromatic N) is 2. The molecule has 134 valence electrons. The molecule has 1 aliphatic heterocycles. The summed E-state index contributed by atoms with van der Waals surface area (Å²) >= 11 is 0. The van der Waals surface area contributed by atoms with Gasteiger partial charge in [0.15, 0.2) is 0 Å². The zero-order valence-corrected chi connectivity index (χ0v) is 14.3. The number of ether oxygens (including phenoxy) is 1. The number of amides is 1. The zero-order valence-electron chi connectivity index (χ0n) is 13.5. The Morgan fingerprint density at radius 1 is 1.44 bits per heavy atom. The molecule has 1 amide bonds. The van der Waals surface area contributed by atoms with Crippen molar-refractivity contribution in [3.63, 3.8) is 0 Å². The summed E-state index contributed by atoms with van der Waals surface area (Å²) in [5.41, 5.74) is 8.07. The first kappa shape index (κ1) is 19.0. The molecule has 1 aromatic heterocycles. The molecular weight excluding hydrogens is 349 g/mol. The quantitative estimate of drug-likeness (QED) is 0.848. The number of rotatable bonds is 6. The van der Waals surface area contributed by atoms with E-state index in [0.29, 0.717) is 36.3 Å². The normalized spacial score (nSPS) is 14.1. The van der Waals surface area contributed by atoms with Crippen molar-refractivity contribution >= 4 is 18.3 Å². The number of hydrogen-bond acceptors (Lipinski definition) is 5. The monoisotopic (exact) mass is 367 g/mol. The summed E-state index contributed by atoms with van der Waals surface area (Å²) in [5.74, 6) is 0.552. The molecule has 3 rings (SSSR count). The van der Waals surface area contributed by atoms with E-state index in [-0.39, 0.29) is 31.5 Å². The molecule has 2 N–H and O–H groups in total. The summed E-state index contributed by atoms with van der Waals surface area (Å²) in [7, 11) is 0. The average Bonchev–Trinajstić information content (AvgIpc) is 3.11. The maximum Gasteiger partial charge on any atom is 0.254 e. The third-order valence-corrected chi connectivity index (χ3v) is 3.93. The van der Waals surface area contributed by atoms with E-state index in [9.17, 15) is 9.18 Å². The summed E-state index contributed by atoms with van der Waals surface area (Å²) in [5, 5.41) is 3.84. The van der Waals surface area contributed by atoms with Gasteiger partial charge in [-0.25, -0.2) is 4.39 Å². The number of hydrogen-bond donors (Lipinski definition) is 1. The van der Waals surface area contributed by atoms with Crippen LogP contribution in [0.15, 0.2) is 47.0 Å². The molecule has 0 spiro atoms. The van der Waals surface area contributed by atoms with Gasteiger partial charge in [-0.05, 0) is 30.2 Å². The van der Waals surface area contributed by atoms with Crippen molar-refractivity contribution in [1.29, 1.82) is 0 Å². The lowest BCUT2D eigenvalue weighted by Crippen LogP contribution is -2.37. The number of fused-ring (bicyclic) bond motifs is 1. The average molecular weight is 368 g/mol. The van der Waals surface area contributed by atoms with Crippen molar-refractivity contribution in [3.8, 4) is 5.75 Å². The molecule has 0 saturated heterocycles. The number of halogens is 2. The van der Waals surface area contributed by atoms with Crippen molar-refractivity contribution in [2.24, 2.45) is 5.73 Å². The highest BCUT2D eigenvalue weighted by molar-refractivity contribution is 5.96. The van der Waals surface area contributed by atoms with E-state index in [1.165, 1.54) is 6.26 Å². The Morgan fingerprint density at radius 2 is 2.28 bits per heavy atom. The van der Waals surface area contributed by atoms with Crippen LogP contribution in [0.5, 0.6) is 5.75 Å². The highest BCUT2D eigenvalue weighted by Crippen LogP contribution is 2.25. The van der Waals surface area contributed by atoms with Crippen molar-refractivity contribution in [1.82, 2.24) is 10.1 Å². The maximum atomic E-state index is 12.6. The second kappa shape index (κ2) is 8.64. The van der Waals surface area contributed by atoms with Crippen LogP contribution >= 0.6 is 12.4 Å². The lowest BCUT2D eigenvalue weighted by atomic mass is 9.98. The van der Waals surface area contributed by atoms with Gasteiger partial charge in [0.05, 0.1) is 12.9 Å². The molecular formula is C17H19ClFN3O3. The van der Waals surface area contributed by atoms with Crippen LogP contribution in [-0.4, -0.2) is 35.7 Å². The molecule has 1 aromatic carbocycles. The first-order valence-corrected chi connectivity index (χ1v) is 7.63. The topological polar surface area (TPSA) is 81.6 Å². The minimum Gasteiger partial charge on any atom is -0.489 e. The van der Waals surface area contributed by atoms with E-state index in [4.69, 9.17) is 15.0 Å². The summed E-state index contributed by atoms with van der Waals surface area (Å²) in [4.78, 5) is 14.3. The molecule has 8 heteroatoms. The number of aromatic nitrogens is 1. The molecule has 2 heterocycles. The van der Waals surface area contributed by atoms with Crippen LogP contribution in [0.2, 0.25) is 0 Å². The highest BCUT2D eigenvalue weighted by Gasteiger charge is 2.25. The summed E-state index contributed by atoms with van der Waals surface area (Å²) in [6, 6.07) is 7.02. The Balaban J connectivity index is 0.00000225. The number of carbonyl (C=O) groups is 1. The van der Waals surface area contributed by atoms with E-state index < -0.39 is 0 Å². The van der Waals surface area contributed by atoms with Gasteiger partial charge in [-0.15, -0.1) is 12.4 Å². The molecule has 0 bridgehead atoms. The van der Waals surface area contributed by atoms with Crippen LogP contribution in [0.1, 0.15) is 21.6 Å². The van der Waals surface area contributed by atoms with E-state index in [1.54, 1.807) is 23.1 Å². The Morgan fingerprint density at radius 3 is 2.96 bits per heavy atom. The highest BCUT2D eigenvalue weighted by atomic mass is 35.5. The molecule has 25 heavy (non-hydrogen) atoms. The van der Waals surface area contributed by atoms with Crippen LogP contribution in [0.3, 0.4) is 0 Å². The molecule has 0 atom stereocenters. The second-order valence-corrected chi connectivity index (χ2v) is 5.55. The maximum absolute atomic E-state index is 12.6. The predicted octanol–water partition coefficient (Wildman–Crippen LogP) is 2.49. The van der Waals surface area contributed by atoms with E-state index in [1.807, 2.05) is 6.07 Å². The molecule has 6 nitrogen and oxygen atoms in total. The van der Waals surface area contributed by atoms with Crippen molar-refractivity contribution < 1.29 is 18.4 Å². The predicted molar refractivity (Wildman–Crippen MR) is 92.4 cm³/mol. The molecule has 0 fully saturated rings. The fourth-order valence-electron chi connectivity index (χ4n) is 2.58. The van der Waals surface area contributed by atoms with Gasteiger partial charge in [0.25, 0.3) is 5.91 Å². The Kier molecular flexibility index (Phi) is 6.55. The van der Waals surface area contributed by atoms with Gasteiger partial charge < -0.3 is 19.9 Å². The minimum atomic E-state index is -0.0444. The molecule has 0 radical (unpaired) electrons. The smallest absolute Gasteiger partial charge is 0.254 e. The first-order chi connectivity index (χ1) is 11.7. The standard InChI is InChI=1S/C17H18FN3O3.ClH/c18-8-12(9-19)11-23-15-1-2-16-13(7-15)3-5-21(17(16)22)10-14-4-6-24-20-14;/h1-2,4,6-8H,3,5,9-11,19H2;1H/b12-8-;. The van der Waals surface area contributed by atoms with E-state index in [0.717, 1.165) is 17.7 Å². The largest absolute Gasteiger partial charge is 0.489 e. The first-order valence-electron chi connectivity index (χ1n) is 7.63. The summed E-state index contributed by atoms with van der Waals surface area (Å²) < 4.78 is 22.8. The van der Waals surface area contributed by atoms with Crippen molar-refractivity contribution in [2.75, 3.05) is 19.7 Å². The molecule has 0 unspecified atom stereocenters. The van der Waals surface area contributed by atoms with Crippen LogP contribution in [0.25, 0.3) is 0 Å². The summed E-state index contributed by atoms with van der Waals surface area (Å²) in [6.07, 6.45) is 2.67. The van der Waals surface area contributed by atoms with Gasteiger partial charge in [0.2, 0.25) is 0 Å². The van der Waals surface area contributed by atoms with Gasteiger partial charge in [-0.1, -0.05) is 5.16 Å². The fourth-order valence-corrected chi connectivity index (χ4v) is 2.58. The number of carbonyl (C=O) groups excluding carboxylic acids is 1. The Hall–Kier alpha value is -2.38. The van der Waals surface area contributed by atoms with Gasteiger partial charge in [-0.2, -0.15) is 0 Å². The fraction of sp³-hybridized carbons (Fsp3) is 0.294. The Bertz CT molecular complexity index is 750. The van der Waals surface area contributed by atoms with Crippen LogP contribution in [-0.2, 0) is 13.0 Å².